The molecule has 1 aromatic heterocycles. The lowest BCUT2D eigenvalue weighted by atomic mass is 9.97. The lowest BCUT2D eigenvalue weighted by Gasteiger charge is -2.28. The van der Waals surface area contributed by atoms with Gasteiger partial charge in [0.2, 0.25) is 0 Å². The van der Waals surface area contributed by atoms with Crippen LogP contribution in [0, 0.1) is 0 Å². The van der Waals surface area contributed by atoms with Gasteiger partial charge in [0.15, 0.2) is 0 Å². The van der Waals surface area contributed by atoms with Crippen LogP contribution in [-0.4, -0.2) is 0 Å². The van der Waals surface area contributed by atoms with E-state index in [9.17, 15) is 0 Å². The van der Waals surface area contributed by atoms with E-state index in [0.29, 0.717) is 0 Å². The van der Waals surface area contributed by atoms with Crippen molar-refractivity contribution in [3.63, 3.8) is 0 Å². The molecule has 46 heavy (non-hydrogen) atoms. The maximum atomic E-state index is 6.28. The van der Waals surface area contributed by atoms with E-state index in [4.69, 9.17) is 4.42 Å². The van der Waals surface area contributed by atoms with Gasteiger partial charge in [-0.3, -0.25) is 0 Å². The summed E-state index contributed by atoms with van der Waals surface area (Å²) in [5, 5.41) is 7.12. The van der Waals surface area contributed by atoms with E-state index in [-0.39, 0.29) is 0 Å². The normalized spacial score (nSPS) is 11.5. The van der Waals surface area contributed by atoms with Crippen molar-refractivity contribution in [3.8, 4) is 22.3 Å². The van der Waals surface area contributed by atoms with Crippen LogP contribution in [0.25, 0.3) is 65.7 Å². The first-order valence-corrected chi connectivity index (χ1v) is 15.7. The molecule has 2 nitrogen and oxygen atoms in total. The highest BCUT2D eigenvalue weighted by Crippen LogP contribution is 2.43. The minimum atomic E-state index is 0.904. The minimum Gasteiger partial charge on any atom is -0.456 e. The second-order valence-electron chi connectivity index (χ2n) is 11.8. The van der Waals surface area contributed by atoms with Gasteiger partial charge >= 0.3 is 0 Å². The van der Waals surface area contributed by atoms with Crippen LogP contribution in [-0.2, 0) is 0 Å². The summed E-state index contributed by atoms with van der Waals surface area (Å²) in [6.45, 7) is 0. The number of anilines is 3. The topological polar surface area (TPSA) is 16.4 Å². The Labute approximate surface area is 267 Å². The number of para-hydroxylation sites is 2. The number of hydrogen-bond acceptors (Lipinski definition) is 2. The summed E-state index contributed by atoms with van der Waals surface area (Å²) in [4.78, 5) is 2.37. The molecule has 0 bridgehead atoms. The summed E-state index contributed by atoms with van der Waals surface area (Å²) in [5.74, 6) is 0. The van der Waals surface area contributed by atoms with Crippen molar-refractivity contribution in [1.82, 2.24) is 0 Å². The molecule has 1 heterocycles. The number of rotatable bonds is 5. The number of fused-ring (bicyclic) bond motifs is 5. The van der Waals surface area contributed by atoms with E-state index < -0.39 is 0 Å². The Hall–Kier alpha value is -6.12. The van der Waals surface area contributed by atoms with Gasteiger partial charge in [-0.2, -0.15) is 0 Å². The van der Waals surface area contributed by atoms with Gasteiger partial charge in [0.05, 0.1) is 5.69 Å². The Morgan fingerprint density at radius 2 is 1.02 bits per heavy atom. The lowest BCUT2D eigenvalue weighted by molar-refractivity contribution is 0.669. The molecule has 0 aliphatic rings. The van der Waals surface area contributed by atoms with Crippen LogP contribution >= 0.6 is 0 Å². The molecule has 0 aliphatic heterocycles. The first kappa shape index (κ1) is 26.3. The zero-order valence-electron chi connectivity index (χ0n) is 25.1. The number of benzene rings is 8. The zero-order valence-corrected chi connectivity index (χ0v) is 25.1. The quantitative estimate of drug-likeness (QED) is 0.199. The van der Waals surface area contributed by atoms with Gasteiger partial charge in [-0.15, -0.1) is 0 Å². The molecule has 9 rings (SSSR count). The van der Waals surface area contributed by atoms with Crippen LogP contribution in [0.1, 0.15) is 0 Å². The molecule has 0 unspecified atom stereocenters. The van der Waals surface area contributed by atoms with Gasteiger partial charge in [0.1, 0.15) is 11.2 Å². The standard InChI is InChI=1S/C44H29NO/c1-2-11-31(12-3-1)39-16-6-8-19-42(39)45(35-24-21-32(22-25-35)38-18-10-14-30-13-4-5-15-37(30)38)36-26-23-33-28-41-40-17-7-9-20-43(40)46-44(41)29-34(33)27-36/h1-29H. The van der Waals surface area contributed by atoms with Crippen LogP contribution in [0.5, 0.6) is 0 Å². The highest BCUT2D eigenvalue weighted by molar-refractivity contribution is 6.10. The van der Waals surface area contributed by atoms with E-state index >= 15 is 0 Å². The van der Waals surface area contributed by atoms with E-state index in [1.165, 1.54) is 38.4 Å². The monoisotopic (exact) mass is 587 g/mol. The minimum absolute atomic E-state index is 0.904. The van der Waals surface area contributed by atoms with Crippen LogP contribution in [0.15, 0.2) is 180 Å². The maximum absolute atomic E-state index is 6.28. The van der Waals surface area contributed by atoms with Gasteiger partial charge < -0.3 is 9.32 Å². The fraction of sp³-hybridized carbons (Fsp3) is 0. The predicted molar refractivity (Wildman–Crippen MR) is 194 cm³/mol. The molecular formula is C44H29NO. The van der Waals surface area contributed by atoms with Gasteiger partial charge in [0.25, 0.3) is 0 Å². The smallest absolute Gasteiger partial charge is 0.136 e. The molecule has 0 fully saturated rings. The SMILES string of the molecule is c1ccc(-c2ccccc2N(c2ccc(-c3cccc4ccccc34)cc2)c2ccc3cc4c(cc3c2)oc2ccccc24)cc1. The molecule has 2 heteroatoms. The molecule has 216 valence electrons. The molecule has 0 amide bonds. The highest BCUT2D eigenvalue weighted by atomic mass is 16.3. The molecule has 0 atom stereocenters. The van der Waals surface area contributed by atoms with E-state index in [0.717, 1.165) is 44.4 Å². The average molecular weight is 588 g/mol. The van der Waals surface area contributed by atoms with Crippen molar-refractivity contribution in [3.05, 3.63) is 176 Å². The largest absolute Gasteiger partial charge is 0.456 e. The van der Waals surface area contributed by atoms with Crippen LogP contribution in [0.2, 0.25) is 0 Å². The predicted octanol–water partition coefficient (Wildman–Crippen LogP) is 12.7. The van der Waals surface area contributed by atoms with Gasteiger partial charge in [-0.1, -0.05) is 127 Å². The number of furan rings is 1. The van der Waals surface area contributed by atoms with Gasteiger partial charge in [-0.25, -0.2) is 0 Å². The summed E-state index contributed by atoms with van der Waals surface area (Å²) in [6.07, 6.45) is 0. The molecule has 8 aromatic carbocycles. The molecule has 0 spiro atoms. The first-order valence-electron chi connectivity index (χ1n) is 15.7. The summed E-state index contributed by atoms with van der Waals surface area (Å²) >= 11 is 0. The fourth-order valence-electron chi connectivity index (χ4n) is 6.82. The van der Waals surface area contributed by atoms with Crippen LogP contribution in [0.4, 0.5) is 17.1 Å². The molecule has 0 saturated carbocycles. The van der Waals surface area contributed by atoms with Crippen molar-refractivity contribution in [2.24, 2.45) is 0 Å². The number of nitrogens with zero attached hydrogens (tertiary/aromatic N) is 1. The zero-order chi connectivity index (χ0) is 30.5. The Morgan fingerprint density at radius 1 is 0.348 bits per heavy atom. The fourth-order valence-corrected chi connectivity index (χ4v) is 6.82. The second-order valence-corrected chi connectivity index (χ2v) is 11.8. The van der Waals surface area contributed by atoms with E-state index in [2.05, 4.69) is 169 Å². The summed E-state index contributed by atoms with van der Waals surface area (Å²) < 4.78 is 6.28. The Balaban J connectivity index is 1.22. The molecular weight excluding hydrogens is 558 g/mol. The first-order chi connectivity index (χ1) is 22.8. The van der Waals surface area contributed by atoms with Crippen molar-refractivity contribution in [2.75, 3.05) is 4.90 Å². The summed E-state index contributed by atoms with van der Waals surface area (Å²) in [7, 11) is 0. The third-order valence-electron chi connectivity index (χ3n) is 9.03. The Kier molecular flexibility index (Phi) is 6.17. The second kappa shape index (κ2) is 10.8. The Morgan fingerprint density at radius 3 is 1.91 bits per heavy atom. The third kappa shape index (κ3) is 4.43. The van der Waals surface area contributed by atoms with Crippen molar-refractivity contribution < 1.29 is 4.42 Å². The van der Waals surface area contributed by atoms with Gasteiger partial charge in [-0.05, 0) is 86.8 Å². The molecule has 0 N–H and O–H groups in total. The number of hydrogen-bond donors (Lipinski definition) is 0. The van der Waals surface area contributed by atoms with E-state index in [1.54, 1.807) is 0 Å². The Bertz CT molecular complexity index is 2520. The summed E-state index contributed by atoms with van der Waals surface area (Å²) in [6, 6.07) is 62.8. The van der Waals surface area contributed by atoms with Gasteiger partial charge in [0, 0.05) is 27.7 Å². The molecule has 0 aliphatic carbocycles. The highest BCUT2D eigenvalue weighted by Gasteiger charge is 2.18. The molecule has 9 aromatic rings. The molecule has 0 saturated heterocycles. The van der Waals surface area contributed by atoms with Crippen molar-refractivity contribution in [2.45, 2.75) is 0 Å². The van der Waals surface area contributed by atoms with Crippen molar-refractivity contribution >= 4 is 60.5 Å². The summed E-state index contributed by atoms with van der Waals surface area (Å²) in [5.41, 5.74) is 9.91. The lowest BCUT2D eigenvalue weighted by Crippen LogP contribution is -2.11. The van der Waals surface area contributed by atoms with Crippen LogP contribution < -0.4 is 4.90 Å². The third-order valence-corrected chi connectivity index (χ3v) is 9.03. The van der Waals surface area contributed by atoms with Crippen molar-refractivity contribution in [1.29, 1.82) is 0 Å². The molecule has 0 radical (unpaired) electrons. The maximum Gasteiger partial charge on any atom is 0.136 e. The van der Waals surface area contributed by atoms with Crippen LogP contribution in [0.3, 0.4) is 0 Å². The van der Waals surface area contributed by atoms with E-state index in [1.807, 2.05) is 12.1 Å². The average Bonchev–Trinajstić information content (AvgIpc) is 3.49.